The molecule has 0 unspecified atom stereocenters. The van der Waals surface area contributed by atoms with Crippen molar-refractivity contribution in [3.63, 3.8) is 0 Å². The van der Waals surface area contributed by atoms with Crippen LogP contribution in [0.4, 0.5) is 0 Å². The van der Waals surface area contributed by atoms with Gasteiger partial charge in [0.1, 0.15) is 5.82 Å². The maximum Gasteiger partial charge on any atom is 0.138 e. The van der Waals surface area contributed by atoms with E-state index in [-0.39, 0.29) is 0 Å². The molecule has 1 saturated carbocycles. The molecule has 82 valence electrons. The molecule has 2 nitrogen and oxygen atoms in total. The van der Waals surface area contributed by atoms with Gasteiger partial charge in [-0.15, -0.1) is 11.6 Å². The van der Waals surface area contributed by atoms with Crippen LogP contribution in [0, 0.1) is 0 Å². The first kappa shape index (κ1) is 11.2. The zero-order valence-electron chi connectivity index (χ0n) is 8.66. The van der Waals surface area contributed by atoms with Gasteiger partial charge in [-0.25, -0.2) is 9.97 Å². The summed E-state index contributed by atoms with van der Waals surface area (Å²) in [5.74, 6) is 2.32. The number of hydrogen-bond donors (Lipinski definition) is 0. The van der Waals surface area contributed by atoms with Gasteiger partial charge < -0.3 is 0 Å². The van der Waals surface area contributed by atoms with E-state index in [0.29, 0.717) is 5.88 Å². The van der Waals surface area contributed by atoms with Crippen molar-refractivity contribution in [3.8, 4) is 0 Å². The maximum absolute atomic E-state index is 5.73. The monoisotopic (exact) mass is 242 g/mol. The van der Waals surface area contributed by atoms with E-state index in [1.54, 1.807) is 6.20 Å². The molecule has 0 bridgehead atoms. The number of thioether (sulfide) groups is 1. The van der Waals surface area contributed by atoms with Crippen molar-refractivity contribution in [2.24, 2.45) is 0 Å². The zero-order chi connectivity index (χ0) is 10.5. The second-order valence-electron chi connectivity index (χ2n) is 3.82. The van der Waals surface area contributed by atoms with Crippen LogP contribution in [0.15, 0.2) is 12.3 Å². The summed E-state index contributed by atoms with van der Waals surface area (Å²) in [5.41, 5.74) is 0.925. The Kier molecular flexibility index (Phi) is 4.27. The van der Waals surface area contributed by atoms with Crippen molar-refractivity contribution in [1.29, 1.82) is 0 Å². The smallest absolute Gasteiger partial charge is 0.138 e. The third kappa shape index (κ3) is 3.35. The summed E-state index contributed by atoms with van der Waals surface area (Å²) in [6, 6.07) is 1.87. The van der Waals surface area contributed by atoms with Crippen molar-refractivity contribution >= 4 is 23.4 Å². The molecule has 1 heterocycles. The summed E-state index contributed by atoms with van der Waals surface area (Å²) >= 11 is 7.72. The largest absolute Gasteiger partial charge is 0.240 e. The van der Waals surface area contributed by atoms with Crippen LogP contribution in [-0.2, 0) is 11.6 Å². The molecule has 0 saturated heterocycles. The zero-order valence-corrected chi connectivity index (χ0v) is 10.2. The first-order valence-corrected chi connectivity index (χ1v) is 6.95. The van der Waals surface area contributed by atoms with E-state index in [9.17, 15) is 0 Å². The lowest BCUT2D eigenvalue weighted by molar-refractivity contribution is 0.886. The van der Waals surface area contributed by atoms with Crippen molar-refractivity contribution in [3.05, 3.63) is 23.8 Å². The van der Waals surface area contributed by atoms with Crippen molar-refractivity contribution in [2.45, 2.75) is 42.6 Å². The molecule has 2 rings (SSSR count). The van der Waals surface area contributed by atoms with Crippen LogP contribution in [0.1, 0.15) is 37.2 Å². The van der Waals surface area contributed by atoms with Crippen LogP contribution in [0.3, 0.4) is 0 Å². The second kappa shape index (κ2) is 5.71. The molecule has 0 aromatic carbocycles. The van der Waals surface area contributed by atoms with Gasteiger partial charge in [-0.2, -0.15) is 11.8 Å². The highest BCUT2D eigenvalue weighted by molar-refractivity contribution is 7.99. The van der Waals surface area contributed by atoms with Crippen LogP contribution in [-0.4, -0.2) is 15.2 Å². The van der Waals surface area contributed by atoms with Gasteiger partial charge in [0.25, 0.3) is 0 Å². The van der Waals surface area contributed by atoms with Gasteiger partial charge in [0, 0.05) is 11.4 Å². The Labute approximate surface area is 99.8 Å². The highest BCUT2D eigenvalue weighted by Gasteiger charge is 2.15. The topological polar surface area (TPSA) is 25.8 Å². The average molecular weight is 243 g/mol. The van der Waals surface area contributed by atoms with Crippen LogP contribution in [0.25, 0.3) is 0 Å². The van der Waals surface area contributed by atoms with Crippen molar-refractivity contribution in [1.82, 2.24) is 9.97 Å². The fourth-order valence-corrected chi connectivity index (χ4v) is 3.17. The molecular formula is C11H15ClN2S. The summed E-state index contributed by atoms with van der Waals surface area (Å²) in [4.78, 5) is 8.65. The number of alkyl halides is 1. The highest BCUT2D eigenvalue weighted by atomic mass is 35.5. The van der Waals surface area contributed by atoms with Gasteiger partial charge in [-0.05, 0) is 18.9 Å². The number of nitrogens with zero attached hydrogens (tertiary/aromatic N) is 2. The Balaban J connectivity index is 1.86. The molecule has 1 aromatic rings. The number of halogens is 1. The molecule has 0 amide bonds. The first-order valence-electron chi connectivity index (χ1n) is 5.37. The predicted molar refractivity (Wildman–Crippen MR) is 65.1 cm³/mol. The summed E-state index contributed by atoms with van der Waals surface area (Å²) in [6.45, 7) is 0. The molecule has 1 aromatic heterocycles. The van der Waals surface area contributed by atoms with E-state index in [2.05, 4.69) is 9.97 Å². The lowest BCUT2D eigenvalue weighted by Gasteiger charge is -2.07. The molecule has 4 heteroatoms. The van der Waals surface area contributed by atoms with Gasteiger partial charge >= 0.3 is 0 Å². The molecule has 0 atom stereocenters. The molecule has 1 aliphatic carbocycles. The molecule has 0 radical (unpaired) electrons. The molecule has 0 N–H and O–H groups in total. The lowest BCUT2D eigenvalue weighted by atomic mass is 10.4. The normalized spacial score (nSPS) is 17.1. The van der Waals surface area contributed by atoms with E-state index in [4.69, 9.17) is 11.6 Å². The fraction of sp³-hybridized carbons (Fsp3) is 0.636. The summed E-state index contributed by atoms with van der Waals surface area (Å²) in [7, 11) is 0. The molecule has 0 aliphatic heterocycles. The Morgan fingerprint density at radius 3 is 2.93 bits per heavy atom. The van der Waals surface area contributed by atoms with E-state index in [0.717, 1.165) is 22.5 Å². The van der Waals surface area contributed by atoms with E-state index in [1.807, 2.05) is 17.8 Å². The summed E-state index contributed by atoms with van der Waals surface area (Å²) < 4.78 is 0. The van der Waals surface area contributed by atoms with Gasteiger partial charge in [0.05, 0.1) is 17.3 Å². The Hall–Kier alpha value is -0.280. The SMILES string of the molecule is ClCc1ccnc(CSC2CCCC2)n1. The number of rotatable bonds is 4. The number of aromatic nitrogens is 2. The molecule has 1 fully saturated rings. The maximum atomic E-state index is 5.73. The van der Waals surface area contributed by atoms with Crippen molar-refractivity contribution in [2.75, 3.05) is 0 Å². The summed E-state index contributed by atoms with van der Waals surface area (Å²) in [5, 5.41) is 0.827. The Bertz CT molecular complexity index is 313. The third-order valence-corrected chi connectivity index (χ3v) is 4.29. The van der Waals surface area contributed by atoms with Crippen LogP contribution in [0.2, 0.25) is 0 Å². The Morgan fingerprint density at radius 1 is 1.40 bits per heavy atom. The predicted octanol–water partition coefficient (Wildman–Crippen LogP) is 3.39. The summed E-state index contributed by atoms with van der Waals surface area (Å²) in [6.07, 6.45) is 7.30. The second-order valence-corrected chi connectivity index (χ2v) is 5.37. The van der Waals surface area contributed by atoms with Gasteiger partial charge in [0.15, 0.2) is 0 Å². The van der Waals surface area contributed by atoms with E-state index >= 15 is 0 Å². The first-order chi connectivity index (χ1) is 7.38. The molecule has 1 aliphatic rings. The van der Waals surface area contributed by atoms with Crippen molar-refractivity contribution < 1.29 is 0 Å². The quantitative estimate of drug-likeness (QED) is 0.757. The molecular weight excluding hydrogens is 228 g/mol. The minimum absolute atomic E-state index is 0.476. The standard InChI is InChI=1S/C11H15ClN2S/c12-7-9-5-6-13-11(14-9)8-15-10-3-1-2-4-10/h5-6,10H,1-4,7-8H2. The Morgan fingerprint density at radius 2 is 2.20 bits per heavy atom. The average Bonchev–Trinajstić information content (AvgIpc) is 2.79. The molecule has 0 spiro atoms. The minimum Gasteiger partial charge on any atom is -0.240 e. The van der Waals surface area contributed by atoms with Crippen LogP contribution >= 0.6 is 23.4 Å². The van der Waals surface area contributed by atoms with Gasteiger partial charge in [-0.3, -0.25) is 0 Å². The number of hydrogen-bond acceptors (Lipinski definition) is 3. The van der Waals surface area contributed by atoms with E-state index in [1.165, 1.54) is 25.7 Å². The van der Waals surface area contributed by atoms with Crippen LogP contribution in [0.5, 0.6) is 0 Å². The van der Waals surface area contributed by atoms with Crippen LogP contribution < -0.4 is 0 Å². The van der Waals surface area contributed by atoms with Gasteiger partial charge in [0.2, 0.25) is 0 Å². The fourth-order valence-electron chi connectivity index (χ4n) is 1.83. The minimum atomic E-state index is 0.476. The third-order valence-electron chi connectivity index (χ3n) is 2.65. The van der Waals surface area contributed by atoms with Gasteiger partial charge in [-0.1, -0.05) is 12.8 Å². The molecule has 15 heavy (non-hydrogen) atoms. The highest BCUT2D eigenvalue weighted by Crippen LogP contribution is 2.30. The van der Waals surface area contributed by atoms with E-state index < -0.39 is 0 Å². The lowest BCUT2D eigenvalue weighted by Crippen LogP contribution is -1.99.